The first kappa shape index (κ1) is 13.8. The zero-order valence-electron chi connectivity index (χ0n) is 10.6. The molecular formula is C12H15N3O3S. The van der Waals surface area contributed by atoms with Crippen LogP contribution < -0.4 is 5.32 Å². The molecule has 1 fully saturated rings. The Bertz CT molecular complexity index is 461. The maximum absolute atomic E-state index is 12.1. The Morgan fingerprint density at radius 1 is 1.47 bits per heavy atom. The number of ether oxygens (including phenoxy) is 1. The summed E-state index contributed by atoms with van der Waals surface area (Å²) in [4.78, 5) is 31.7. The summed E-state index contributed by atoms with van der Waals surface area (Å²) in [6.07, 6.45) is 4.77. The number of thioether (sulfide) groups is 1. The van der Waals surface area contributed by atoms with E-state index >= 15 is 0 Å². The number of hydrogen-bond acceptors (Lipinski definition) is 6. The normalized spacial score (nSPS) is 21.9. The van der Waals surface area contributed by atoms with E-state index in [4.69, 9.17) is 4.74 Å². The largest absolute Gasteiger partial charge is 0.464 e. The Morgan fingerprint density at radius 3 is 2.79 bits per heavy atom. The van der Waals surface area contributed by atoms with Crippen molar-refractivity contribution in [3.63, 3.8) is 0 Å². The molecule has 2 rings (SSSR count). The summed E-state index contributed by atoms with van der Waals surface area (Å²) < 4.78 is 5.07. The predicted octanol–water partition coefficient (Wildman–Crippen LogP) is 0.645. The molecule has 0 aromatic carbocycles. The Balaban J connectivity index is 2.13. The summed E-state index contributed by atoms with van der Waals surface area (Å²) in [7, 11) is 0. The third-order valence-corrected chi connectivity index (χ3v) is 4.05. The number of amides is 1. The number of rotatable bonds is 4. The van der Waals surface area contributed by atoms with Gasteiger partial charge in [0.15, 0.2) is 0 Å². The van der Waals surface area contributed by atoms with Crippen molar-refractivity contribution in [2.24, 2.45) is 0 Å². The smallest absolute Gasteiger partial charge is 0.332 e. The van der Waals surface area contributed by atoms with Crippen molar-refractivity contribution in [2.45, 2.75) is 18.9 Å². The first-order valence-corrected chi connectivity index (χ1v) is 7.16. The van der Waals surface area contributed by atoms with Gasteiger partial charge >= 0.3 is 5.97 Å². The molecule has 1 aromatic heterocycles. The molecule has 2 heterocycles. The monoisotopic (exact) mass is 281 g/mol. The van der Waals surface area contributed by atoms with Crippen LogP contribution in [0.3, 0.4) is 0 Å². The zero-order valence-corrected chi connectivity index (χ0v) is 11.4. The molecule has 1 N–H and O–H groups in total. The van der Waals surface area contributed by atoms with Gasteiger partial charge in [-0.1, -0.05) is 0 Å². The Labute approximate surface area is 115 Å². The fraction of sp³-hybridized carbons (Fsp3) is 0.500. The molecule has 0 aliphatic carbocycles. The lowest BCUT2D eigenvalue weighted by atomic mass is 9.98. The molecule has 1 amide bonds. The summed E-state index contributed by atoms with van der Waals surface area (Å²) in [6.45, 7) is 2.05. The van der Waals surface area contributed by atoms with Crippen molar-refractivity contribution >= 4 is 23.6 Å². The van der Waals surface area contributed by atoms with Gasteiger partial charge in [0.25, 0.3) is 5.91 Å². The van der Waals surface area contributed by atoms with Crippen molar-refractivity contribution in [3.05, 3.63) is 24.3 Å². The highest BCUT2D eigenvalue weighted by atomic mass is 32.2. The minimum absolute atomic E-state index is 0.301. The second-order valence-corrected chi connectivity index (χ2v) is 5.29. The summed E-state index contributed by atoms with van der Waals surface area (Å²) in [5.41, 5.74) is -0.587. The van der Waals surface area contributed by atoms with E-state index in [1.165, 1.54) is 18.7 Å². The lowest BCUT2D eigenvalue weighted by Gasteiger charge is -2.26. The van der Waals surface area contributed by atoms with E-state index in [0.717, 1.165) is 5.75 Å². The minimum atomic E-state index is -0.923. The van der Waals surface area contributed by atoms with Gasteiger partial charge in [0.2, 0.25) is 0 Å². The molecular weight excluding hydrogens is 266 g/mol. The standard InChI is InChI=1S/C12H15N3O3S/c1-2-18-11(17)12(3-4-19-7-12)15-10(16)9-5-13-8-14-6-9/h5-6,8H,2-4,7H2,1H3,(H,15,16). The van der Waals surface area contributed by atoms with Crippen LogP contribution in [0.4, 0.5) is 0 Å². The number of esters is 1. The quantitative estimate of drug-likeness (QED) is 0.816. The van der Waals surface area contributed by atoms with E-state index in [1.54, 1.807) is 18.7 Å². The van der Waals surface area contributed by atoms with Gasteiger partial charge in [-0.15, -0.1) is 0 Å². The Hall–Kier alpha value is -1.63. The molecule has 0 spiro atoms. The molecule has 0 saturated carbocycles. The first-order valence-electron chi connectivity index (χ1n) is 6.00. The molecule has 1 aromatic rings. The highest BCUT2D eigenvalue weighted by Gasteiger charge is 2.44. The van der Waals surface area contributed by atoms with Crippen LogP contribution in [0, 0.1) is 0 Å². The highest BCUT2D eigenvalue weighted by Crippen LogP contribution is 2.29. The van der Waals surface area contributed by atoms with Gasteiger partial charge in [-0.3, -0.25) is 4.79 Å². The fourth-order valence-corrected chi connectivity index (χ4v) is 3.17. The molecule has 6 nitrogen and oxygen atoms in total. The van der Waals surface area contributed by atoms with Gasteiger partial charge in [-0.05, 0) is 19.1 Å². The van der Waals surface area contributed by atoms with E-state index in [-0.39, 0.29) is 11.9 Å². The van der Waals surface area contributed by atoms with Crippen molar-refractivity contribution in [2.75, 3.05) is 18.1 Å². The van der Waals surface area contributed by atoms with Gasteiger partial charge < -0.3 is 10.1 Å². The lowest BCUT2D eigenvalue weighted by Crippen LogP contribution is -2.55. The summed E-state index contributed by atoms with van der Waals surface area (Å²) in [5.74, 6) is 0.636. The van der Waals surface area contributed by atoms with Crippen LogP contribution in [-0.4, -0.2) is 45.5 Å². The van der Waals surface area contributed by atoms with E-state index in [0.29, 0.717) is 24.3 Å². The molecule has 0 bridgehead atoms. The van der Waals surface area contributed by atoms with E-state index < -0.39 is 5.54 Å². The van der Waals surface area contributed by atoms with Gasteiger partial charge in [0, 0.05) is 18.1 Å². The number of nitrogens with zero attached hydrogens (tertiary/aromatic N) is 2. The highest BCUT2D eigenvalue weighted by molar-refractivity contribution is 7.99. The Kier molecular flexibility index (Phi) is 4.36. The lowest BCUT2D eigenvalue weighted by molar-refractivity contribution is -0.149. The van der Waals surface area contributed by atoms with Crippen LogP contribution in [0.25, 0.3) is 0 Å². The molecule has 1 aliphatic rings. The molecule has 19 heavy (non-hydrogen) atoms. The maximum Gasteiger partial charge on any atom is 0.332 e. The minimum Gasteiger partial charge on any atom is -0.464 e. The van der Waals surface area contributed by atoms with Crippen molar-refractivity contribution in [3.8, 4) is 0 Å². The van der Waals surface area contributed by atoms with Gasteiger partial charge in [-0.25, -0.2) is 14.8 Å². The molecule has 7 heteroatoms. The Morgan fingerprint density at radius 2 is 2.21 bits per heavy atom. The topological polar surface area (TPSA) is 81.2 Å². The summed E-state index contributed by atoms with van der Waals surface area (Å²) in [6, 6.07) is 0. The van der Waals surface area contributed by atoms with Crippen LogP contribution in [0.15, 0.2) is 18.7 Å². The maximum atomic E-state index is 12.1. The van der Waals surface area contributed by atoms with E-state index in [1.807, 2.05) is 0 Å². The molecule has 102 valence electrons. The molecule has 1 saturated heterocycles. The van der Waals surface area contributed by atoms with Crippen LogP contribution in [0.1, 0.15) is 23.7 Å². The first-order chi connectivity index (χ1) is 9.18. The van der Waals surface area contributed by atoms with E-state index in [2.05, 4.69) is 15.3 Å². The number of carbonyl (C=O) groups is 2. The fourth-order valence-electron chi connectivity index (χ4n) is 1.85. The van der Waals surface area contributed by atoms with Crippen LogP contribution >= 0.6 is 11.8 Å². The van der Waals surface area contributed by atoms with Gasteiger partial charge in [-0.2, -0.15) is 11.8 Å². The van der Waals surface area contributed by atoms with Crippen LogP contribution in [-0.2, 0) is 9.53 Å². The number of carbonyl (C=O) groups excluding carboxylic acids is 2. The predicted molar refractivity (Wildman–Crippen MR) is 70.8 cm³/mol. The van der Waals surface area contributed by atoms with Crippen LogP contribution in [0.2, 0.25) is 0 Å². The molecule has 1 unspecified atom stereocenters. The average Bonchev–Trinajstić information content (AvgIpc) is 2.90. The van der Waals surface area contributed by atoms with Crippen molar-refractivity contribution in [1.82, 2.24) is 15.3 Å². The second-order valence-electron chi connectivity index (χ2n) is 4.19. The SMILES string of the molecule is CCOC(=O)C1(NC(=O)c2cncnc2)CCSC1. The summed E-state index contributed by atoms with van der Waals surface area (Å²) >= 11 is 1.63. The third kappa shape index (κ3) is 3.04. The molecule has 1 atom stereocenters. The average molecular weight is 281 g/mol. The third-order valence-electron chi connectivity index (χ3n) is 2.86. The van der Waals surface area contributed by atoms with Crippen molar-refractivity contribution < 1.29 is 14.3 Å². The van der Waals surface area contributed by atoms with Gasteiger partial charge in [0.05, 0.1) is 12.2 Å². The number of nitrogens with one attached hydrogen (secondary N) is 1. The van der Waals surface area contributed by atoms with Crippen molar-refractivity contribution in [1.29, 1.82) is 0 Å². The van der Waals surface area contributed by atoms with Gasteiger partial charge in [0.1, 0.15) is 11.9 Å². The number of hydrogen-bond donors (Lipinski definition) is 1. The zero-order chi connectivity index (χ0) is 13.7. The van der Waals surface area contributed by atoms with E-state index in [9.17, 15) is 9.59 Å². The molecule has 1 aliphatic heterocycles. The summed E-state index contributed by atoms with van der Waals surface area (Å²) in [5, 5.41) is 2.78. The van der Waals surface area contributed by atoms with Crippen LogP contribution in [0.5, 0.6) is 0 Å². The molecule has 0 radical (unpaired) electrons. The number of aromatic nitrogens is 2. The second kappa shape index (κ2) is 6.01.